The van der Waals surface area contributed by atoms with Gasteiger partial charge in [-0.2, -0.15) is 20.1 Å². The second-order valence-electron chi connectivity index (χ2n) is 8.64. The molecule has 38 heavy (non-hydrogen) atoms. The van der Waals surface area contributed by atoms with Gasteiger partial charge in [0, 0.05) is 24.0 Å². The van der Waals surface area contributed by atoms with Crippen molar-refractivity contribution in [2.24, 2.45) is 0 Å². The molecule has 0 saturated carbocycles. The maximum absolute atomic E-state index is 14.3. The van der Waals surface area contributed by atoms with Crippen LogP contribution in [-0.4, -0.2) is 48.0 Å². The van der Waals surface area contributed by atoms with Crippen molar-refractivity contribution >= 4 is 16.7 Å². The Balaban J connectivity index is 1.68. The summed E-state index contributed by atoms with van der Waals surface area (Å²) < 4.78 is 22.1. The van der Waals surface area contributed by atoms with Crippen LogP contribution in [-0.2, 0) is 6.61 Å². The van der Waals surface area contributed by atoms with Gasteiger partial charge >= 0.3 is 0 Å². The number of halogens is 1. The fourth-order valence-electron chi connectivity index (χ4n) is 4.32. The highest BCUT2D eigenvalue weighted by Gasteiger charge is 2.23. The maximum Gasteiger partial charge on any atom is 0.242 e. The lowest BCUT2D eigenvalue weighted by Gasteiger charge is -2.22. The number of anilines is 1. The van der Waals surface area contributed by atoms with E-state index in [1.807, 2.05) is 51.1 Å². The number of hydrogen-bond acceptors (Lipinski definition) is 8. The Kier molecular flexibility index (Phi) is 6.78. The van der Waals surface area contributed by atoms with Crippen LogP contribution in [0.1, 0.15) is 25.1 Å². The lowest BCUT2D eigenvalue weighted by atomic mass is 10.1. The summed E-state index contributed by atoms with van der Waals surface area (Å²) in [5.74, 6) is -1.02. The number of pyridine rings is 1. The topological polar surface area (TPSA) is 109 Å². The van der Waals surface area contributed by atoms with Crippen molar-refractivity contribution in [2.45, 2.75) is 27.4 Å². The second kappa shape index (κ2) is 10.3. The first kappa shape index (κ1) is 24.9. The number of benzene rings is 2. The molecule has 0 fully saturated rings. The van der Waals surface area contributed by atoms with E-state index >= 15 is 0 Å². The molecule has 2 N–H and O–H groups in total. The number of aromatic nitrogens is 5. The highest BCUT2D eigenvalue weighted by Crippen LogP contribution is 2.39. The van der Waals surface area contributed by atoms with Crippen molar-refractivity contribution < 1.29 is 19.3 Å². The number of para-hydroxylation sites is 1. The normalized spacial score (nSPS) is 11.2. The molecule has 194 valence electrons. The molecule has 0 bridgehead atoms. The van der Waals surface area contributed by atoms with Crippen LogP contribution in [0.4, 0.5) is 10.1 Å². The van der Waals surface area contributed by atoms with Crippen molar-refractivity contribution in [3.63, 3.8) is 0 Å². The maximum atomic E-state index is 14.3. The SMILES string of the molecule is CCN(CC)c1c(O)nc(-c2cc3c(C)nn(-c4ccccc4)c3nc2OCc2ccccc2F)nc1O. The van der Waals surface area contributed by atoms with Crippen molar-refractivity contribution in [3.8, 4) is 34.7 Å². The Morgan fingerprint density at radius 1 is 0.921 bits per heavy atom. The first-order valence-corrected chi connectivity index (χ1v) is 12.3. The van der Waals surface area contributed by atoms with Gasteiger partial charge in [0.2, 0.25) is 17.6 Å². The number of fused-ring (bicyclic) bond motifs is 1. The highest BCUT2D eigenvalue weighted by atomic mass is 19.1. The lowest BCUT2D eigenvalue weighted by molar-refractivity contribution is 0.290. The van der Waals surface area contributed by atoms with Gasteiger partial charge in [0.15, 0.2) is 17.2 Å². The number of hydrogen-bond donors (Lipinski definition) is 2. The zero-order chi connectivity index (χ0) is 26.8. The fourth-order valence-corrected chi connectivity index (χ4v) is 4.32. The Bertz CT molecular complexity index is 1580. The predicted octanol–water partition coefficient (Wildman–Crippen LogP) is 5.16. The van der Waals surface area contributed by atoms with E-state index in [1.165, 1.54) is 6.07 Å². The molecule has 0 spiro atoms. The van der Waals surface area contributed by atoms with Crippen LogP contribution in [0.15, 0.2) is 60.7 Å². The average Bonchev–Trinajstić information content (AvgIpc) is 3.25. The first-order chi connectivity index (χ1) is 18.4. The quantitative estimate of drug-likeness (QED) is 0.292. The molecule has 9 nitrogen and oxygen atoms in total. The number of ether oxygens (including phenoxy) is 1. The summed E-state index contributed by atoms with van der Waals surface area (Å²) in [7, 11) is 0. The Labute approximate surface area is 218 Å². The van der Waals surface area contributed by atoms with E-state index in [0.29, 0.717) is 40.9 Å². The molecule has 10 heteroatoms. The van der Waals surface area contributed by atoms with Gasteiger partial charge in [-0.3, -0.25) is 0 Å². The third kappa shape index (κ3) is 4.56. The summed E-state index contributed by atoms with van der Waals surface area (Å²) in [6.07, 6.45) is 0. The van der Waals surface area contributed by atoms with Crippen molar-refractivity contribution in [2.75, 3.05) is 18.0 Å². The Hall–Kier alpha value is -4.73. The van der Waals surface area contributed by atoms with Crippen LogP contribution < -0.4 is 9.64 Å². The van der Waals surface area contributed by atoms with E-state index in [1.54, 1.807) is 33.8 Å². The Morgan fingerprint density at radius 3 is 2.24 bits per heavy atom. The summed E-state index contributed by atoms with van der Waals surface area (Å²) in [6.45, 7) is 6.63. The largest absolute Gasteiger partial charge is 0.492 e. The van der Waals surface area contributed by atoms with Crippen LogP contribution in [0, 0.1) is 12.7 Å². The van der Waals surface area contributed by atoms with Crippen molar-refractivity contribution in [1.82, 2.24) is 24.7 Å². The second-order valence-corrected chi connectivity index (χ2v) is 8.64. The van der Waals surface area contributed by atoms with Crippen molar-refractivity contribution in [1.29, 1.82) is 0 Å². The molecule has 5 aromatic rings. The zero-order valence-corrected chi connectivity index (χ0v) is 21.3. The van der Waals surface area contributed by atoms with Crippen LogP contribution in [0.2, 0.25) is 0 Å². The summed E-state index contributed by atoms with van der Waals surface area (Å²) in [4.78, 5) is 15.0. The third-order valence-corrected chi connectivity index (χ3v) is 6.30. The minimum absolute atomic E-state index is 0.0145. The molecular weight excluding hydrogens is 487 g/mol. The lowest BCUT2D eigenvalue weighted by Crippen LogP contribution is -2.22. The van der Waals surface area contributed by atoms with E-state index in [-0.39, 0.29) is 35.8 Å². The van der Waals surface area contributed by atoms with Gasteiger partial charge in [0.1, 0.15) is 12.4 Å². The minimum atomic E-state index is -0.407. The van der Waals surface area contributed by atoms with Crippen LogP contribution >= 0.6 is 0 Å². The summed E-state index contributed by atoms with van der Waals surface area (Å²) in [6, 6.07) is 17.6. The predicted molar refractivity (Wildman–Crippen MR) is 142 cm³/mol. The molecular formula is C28H27FN6O3. The number of nitrogens with zero attached hydrogens (tertiary/aromatic N) is 6. The first-order valence-electron chi connectivity index (χ1n) is 12.3. The van der Waals surface area contributed by atoms with Gasteiger partial charge in [-0.1, -0.05) is 36.4 Å². The van der Waals surface area contributed by atoms with Crippen LogP contribution in [0.25, 0.3) is 28.1 Å². The van der Waals surface area contributed by atoms with Gasteiger partial charge in [0.25, 0.3) is 0 Å². The molecule has 0 aliphatic rings. The molecule has 5 rings (SSSR count). The zero-order valence-electron chi connectivity index (χ0n) is 21.3. The van der Waals surface area contributed by atoms with Gasteiger partial charge in [-0.15, -0.1) is 0 Å². The van der Waals surface area contributed by atoms with Gasteiger partial charge in [-0.25, -0.2) is 9.07 Å². The third-order valence-electron chi connectivity index (χ3n) is 6.30. The standard InChI is InChI=1S/C28H27FN6O3/c1-4-34(5-2)23-26(36)30-24(31-27(23)37)21-15-20-17(3)33-35(19-12-7-6-8-13-19)25(20)32-28(21)38-16-18-11-9-10-14-22(18)29/h6-15H,4-5,16H2,1-3H3,(H2,30,31,36,37). The molecule has 0 amide bonds. The summed E-state index contributed by atoms with van der Waals surface area (Å²) in [5.41, 5.74) is 2.84. The molecule has 0 aliphatic carbocycles. The average molecular weight is 515 g/mol. The Morgan fingerprint density at radius 2 is 1.58 bits per heavy atom. The number of aryl methyl sites for hydroxylation is 1. The highest BCUT2D eigenvalue weighted by molar-refractivity contribution is 5.86. The molecule has 0 unspecified atom stereocenters. The fraction of sp³-hybridized carbons (Fsp3) is 0.214. The van der Waals surface area contributed by atoms with Crippen LogP contribution in [0.5, 0.6) is 17.6 Å². The van der Waals surface area contributed by atoms with E-state index in [4.69, 9.17) is 9.72 Å². The van der Waals surface area contributed by atoms with E-state index in [0.717, 1.165) is 5.69 Å². The van der Waals surface area contributed by atoms with Crippen molar-refractivity contribution in [3.05, 3.63) is 77.7 Å². The molecule has 3 aromatic heterocycles. The smallest absolute Gasteiger partial charge is 0.242 e. The summed E-state index contributed by atoms with van der Waals surface area (Å²) in [5, 5.41) is 26.8. The van der Waals surface area contributed by atoms with Gasteiger partial charge in [-0.05, 0) is 45.0 Å². The molecule has 0 radical (unpaired) electrons. The number of rotatable bonds is 8. The number of aromatic hydroxyl groups is 2. The van der Waals surface area contributed by atoms with Gasteiger partial charge < -0.3 is 19.8 Å². The van der Waals surface area contributed by atoms with E-state index in [2.05, 4.69) is 15.1 Å². The molecule has 0 atom stereocenters. The van der Waals surface area contributed by atoms with Gasteiger partial charge in [0.05, 0.1) is 16.9 Å². The molecule has 0 aliphatic heterocycles. The molecule has 2 aromatic carbocycles. The summed E-state index contributed by atoms with van der Waals surface area (Å²) >= 11 is 0. The monoisotopic (exact) mass is 514 g/mol. The minimum Gasteiger partial charge on any atom is -0.492 e. The van der Waals surface area contributed by atoms with E-state index < -0.39 is 5.82 Å². The molecule has 3 heterocycles. The van der Waals surface area contributed by atoms with E-state index in [9.17, 15) is 14.6 Å². The molecule has 0 saturated heterocycles. The van der Waals surface area contributed by atoms with Crippen LogP contribution in [0.3, 0.4) is 0 Å².